The summed E-state index contributed by atoms with van der Waals surface area (Å²) in [6.07, 6.45) is 0. The SMILES string of the molecule is Cc1nnc(C2COCCN2c2nc3cccc(C)c3s2)o1. The van der Waals surface area contributed by atoms with E-state index in [1.807, 2.05) is 6.07 Å². The topological polar surface area (TPSA) is 64.3 Å². The molecule has 2 aromatic heterocycles. The summed E-state index contributed by atoms with van der Waals surface area (Å²) in [5.74, 6) is 1.16. The number of anilines is 1. The van der Waals surface area contributed by atoms with E-state index < -0.39 is 0 Å². The van der Waals surface area contributed by atoms with Gasteiger partial charge in [-0.15, -0.1) is 10.2 Å². The lowest BCUT2D eigenvalue weighted by molar-refractivity contribution is 0.0857. The molecule has 114 valence electrons. The van der Waals surface area contributed by atoms with Crippen LogP contribution in [-0.4, -0.2) is 34.9 Å². The molecule has 0 radical (unpaired) electrons. The normalized spacial score (nSPS) is 19.0. The molecule has 1 aliphatic rings. The van der Waals surface area contributed by atoms with Crippen LogP contribution in [0, 0.1) is 13.8 Å². The van der Waals surface area contributed by atoms with Crippen LogP contribution in [0.3, 0.4) is 0 Å². The molecule has 0 amide bonds. The van der Waals surface area contributed by atoms with Gasteiger partial charge in [0.15, 0.2) is 5.13 Å². The number of aromatic nitrogens is 3. The first-order valence-corrected chi connectivity index (χ1v) is 8.04. The minimum atomic E-state index is -0.0733. The number of morpholine rings is 1. The zero-order chi connectivity index (χ0) is 15.1. The van der Waals surface area contributed by atoms with Crippen molar-refractivity contribution in [2.75, 3.05) is 24.7 Å². The van der Waals surface area contributed by atoms with Crippen molar-refractivity contribution < 1.29 is 9.15 Å². The first-order chi connectivity index (χ1) is 10.7. The van der Waals surface area contributed by atoms with Gasteiger partial charge in [0.1, 0.15) is 6.04 Å². The largest absolute Gasteiger partial charge is 0.423 e. The van der Waals surface area contributed by atoms with Crippen molar-refractivity contribution in [1.82, 2.24) is 15.2 Å². The summed E-state index contributed by atoms with van der Waals surface area (Å²) >= 11 is 1.71. The monoisotopic (exact) mass is 316 g/mol. The molecular weight excluding hydrogens is 300 g/mol. The zero-order valence-corrected chi connectivity index (χ0v) is 13.3. The van der Waals surface area contributed by atoms with Gasteiger partial charge >= 0.3 is 0 Å². The van der Waals surface area contributed by atoms with Crippen molar-refractivity contribution in [2.45, 2.75) is 19.9 Å². The Morgan fingerprint density at radius 1 is 1.27 bits per heavy atom. The highest BCUT2D eigenvalue weighted by Gasteiger charge is 2.31. The van der Waals surface area contributed by atoms with Crippen LogP contribution < -0.4 is 4.90 Å². The number of nitrogens with zero attached hydrogens (tertiary/aromatic N) is 4. The summed E-state index contributed by atoms with van der Waals surface area (Å²) in [6.45, 7) is 5.90. The summed E-state index contributed by atoms with van der Waals surface area (Å²) in [5.41, 5.74) is 2.28. The Balaban J connectivity index is 1.75. The highest BCUT2D eigenvalue weighted by Crippen LogP contribution is 2.36. The first kappa shape index (κ1) is 13.7. The number of benzene rings is 1. The summed E-state index contributed by atoms with van der Waals surface area (Å²) in [5, 5.41) is 9.07. The van der Waals surface area contributed by atoms with E-state index in [2.05, 4.69) is 34.2 Å². The van der Waals surface area contributed by atoms with Crippen molar-refractivity contribution in [3.05, 3.63) is 35.5 Å². The third kappa shape index (κ3) is 2.26. The van der Waals surface area contributed by atoms with E-state index in [-0.39, 0.29) is 6.04 Å². The summed E-state index contributed by atoms with van der Waals surface area (Å²) in [4.78, 5) is 6.99. The van der Waals surface area contributed by atoms with Gasteiger partial charge in [0, 0.05) is 13.5 Å². The minimum Gasteiger partial charge on any atom is -0.423 e. The zero-order valence-electron chi connectivity index (χ0n) is 12.4. The van der Waals surface area contributed by atoms with Crippen LogP contribution in [0.4, 0.5) is 5.13 Å². The number of ether oxygens (including phenoxy) is 1. The molecule has 0 N–H and O–H groups in total. The molecule has 3 heterocycles. The Hall–Kier alpha value is -1.99. The molecule has 4 rings (SSSR count). The Morgan fingerprint density at radius 3 is 2.95 bits per heavy atom. The van der Waals surface area contributed by atoms with Gasteiger partial charge in [0.2, 0.25) is 11.8 Å². The Morgan fingerprint density at radius 2 is 2.18 bits per heavy atom. The Bertz CT molecular complexity index is 813. The van der Waals surface area contributed by atoms with Crippen LogP contribution in [0.15, 0.2) is 22.6 Å². The lowest BCUT2D eigenvalue weighted by Gasteiger charge is -2.32. The van der Waals surface area contributed by atoms with Crippen LogP contribution in [-0.2, 0) is 4.74 Å². The molecule has 0 spiro atoms. The van der Waals surface area contributed by atoms with E-state index in [1.165, 1.54) is 10.3 Å². The number of rotatable bonds is 2. The molecule has 1 unspecified atom stereocenters. The molecule has 1 aliphatic heterocycles. The van der Waals surface area contributed by atoms with E-state index >= 15 is 0 Å². The third-order valence-electron chi connectivity index (χ3n) is 3.80. The molecule has 1 fully saturated rings. The predicted molar refractivity (Wildman–Crippen MR) is 84.3 cm³/mol. The second-order valence-corrected chi connectivity index (χ2v) is 6.34. The van der Waals surface area contributed by atoms with Crippen LogP contribution in [0.2, 0.25) is 0 Å². The molecule has 0 bridgehead atoms. The number of thiazole rings is 1. The standard InChI is InChI=1S/C15H16N4O2S/c1-9-4-3-5-11-13(9)22-15(16-11)19-6-7-20-8-12(19)14-18-17-10(2)21-14/h3-5,12H,6-8H2,1-2H3. The van der Waals surface area contributed by atoms with Crippen LogP contribution >= 0.6 is 11.3 Å². The minimum absolute atomic E-state index is 0.0733. The number of hydrogen-bond donors (Lipinski definition) is 0. The fourth-order valence-electron chi connectivity index (χ4n) is 2.68. The average Bonchev–Trinajstić information content (AvgIpc) is 3.14. The van der Waals surface area contributed by atoms with Crippen molar-refractivity contribution in [3.63, 3.8) is 0 Å². The lowest BCUT2D eigenvalue weighted by atomic mass is 10.2. The van der Waals surface area contributed by atoms with Crippen molar-refractivity contribution in [2.24, 2.45) is 0 Å². The van der Waals surface area contributed by atoms with E-state index in [0.717, 1.165) is 17.2 Å². The van der Waals surface area contributed by atoms with E-state index in [4.69, 9.17) is 14.1 Å². The number of hydrogen-bond acceptors (Lipinski definition) is 7. The fraction of sp³-hybridized carbons (Fsp3) is 0.400. The van der Waals surface area contributed by atoms with Crippen molar-refractivity contribution in [1.29, 1.82) is 0 Å². The highest BCUT2D eigenvalue weighted by atomic mass is 32.1. The highest BCUT2D eigenvalue weighted by molar-refractivity contribution is 7.22. The van der Waals surface area contributed by atoms with Gasteiger partial charge in [-0.2, -0.15) is 0 Å². The van der Waals surface area contributed by atoms with E-state index in [0.29, 0.717) is 25.0 Å². The quantitative estimate of drug-likeness (QED) is 0.724. The lowest BCUT2D eigenvalue weighted by Crippen LogP contribution is -2.39. The fourth-order valence-corrected chi connectivity index (χ4v) is 3.79. The average molecular weight is 316 g/mol. The van der Waals surface area contributed by atoms with Gasteiger partial charge in [0.25, 0.3) is 0 Å². The van der Waals surface area contributed by atoms with Gasteiger partial charge in [0.05, 0.1) is 23.4 Å². The maximum Gasteiger partial charge on any atom is 0.241 e. The van der Waals surface area contributed by atoms with Gasteiger partial charge in [-0.1, -0.05) is 23.5 Å². The smallest absolute Gasteiger partial charge is 0.241 e. The van der Waals surface area contributed by atoms with Crippen molar-refractivity contribution in [3.8, 4) is 0 Å². The summed E-state index contributed by atoms with van der Waals surface area (Å²) in [7, 11) is 0. The maximum absolute atomic E-state index is 5.61. The molecule has 0 saturated carbocycles. The van der Waals surface area contributed by atoms with Crippen molar-refractivity contribution >= 4 is 26.7 Å². The van der Waals surface area contributed by atoms with Crippen LogP contribution in [0.5, 0.6) is 0 Å². The first-order valence-electron chi connectivity index (χ1n) is 7.23. The molecule has 1 atom stereocenters. The van der Waals surface area contributed by atoms with E-state index in [9.17, 15) is 0 Å². The molecule has 7 heteroatoms. The van der Waals surface area contributed by atoms with E-state index in [1.54, 1.807) is 18.3 Å². The molecule has 3 aromatic rings. The molecule has 6 nitrogen and oxygen atoms in total. The predicted octanol–water partition coefficient (Wildman–Crippen LogP) is 2.87. The Kier molecular flexibility index (Phi) is 3.31. The summed E-state index contributed by atoms with van der Waals surface area (Å²) < 4.78 is 12.4. The maximum atomic E-state index is 5.61. The second-order valence-electron chi connectivity index (χ2n) is 5.36. The number of aryl methyl sites for hydroxylation is 2. The third-order valence-corrected chi connectivity index (χ3v) is 5.05. The Labute approximate surface area is 131 Å². The van der Waals surface area contributed by atoms with Crippen LogP contribution in [0.25, 0.3) is 10.2 Å². The molecule has 1 saturated heterocycles. The molecule has 0 aliphatic carbocycles. The summed E-state index contributed by atoms with van der Waals surface area (Å²) in [6, 6.07) is 6.13. The molecule has 1 aromatic carbocycles. The molecular formula is C15H16N4O2S. The van der Waals surface area contributed by atoms with Gasteiger partial charge in [-0.3, -0.25) is 0 Å². The molecule has 22 heavy (non-hydrogen) atoms. The van der Waals surface area contributed by atoms with Crippen LogP contribution in [0.1, 0.15) is 23.4 Å². The number of fused-ring (bicyclic) bond motifs is 1. The van der Waals surface area contributed by atoms with Gasteiger partial charge < -0.3 is 14.1 Å². The van der Waals surface area contributed by atoms with Gasteiger partial charge in [-0.05, 0) is 18.6 Å². The second kappa shape index (κ2) is 5.33. The van der Waals surface area contributed by atoms with Gasteiger partial charge in [-0.25, -0.2) is 4.98 Å².